The van der Waals surface area contributed by atoms with E-state index < -0.39 is 48.8 Å². The van der Waals surface area contributed by atoms with E-state index in [-0.39, 0.29) is 12.6 Å². The van der Waals surface area contributed by atoms with Crippen LogP contribution in [0.5, 0.6) is 0 Å². The predicted molar refractivity (Wildman–Crippen MR) is 73.6 cm³/mol. The number of rotatable bonds is 6. The Morgan fingerprint density at radius 3 is 2.48 bits per heavy atom. The molecule has 0 saturated heterocycles. The normalized spacial score (nSPS) is 13.0. The van der Waals surface area contributed by atoms with Gasteiger partial charge in [-0.05, 0) is 12.5 Å². The van der Waals surface area contributed by atoms with E-state index in [1.807, 2.05) is 0 Å². The summed E-state index contributed by atoms with van der Waals surface area (Å²) in [7, 11) is -5.42. The number of nitrogens with two attached hydrogens (primary N) is 1. The molecule has 10 heteroatoms. The quantitative estimate of drug-likeness (QED) is 0.717. The van der Waals surface area contributed by atoms with Crippen LogP contribution in [0.1, 0.15) is 16.8 Å². The minimum Gasteiger partial charge on any atom is -0.352 e. The fourth-order valence-corrected chi connectivity index (χ4v) is 2.66. The molecule has 1 rings (SSSR count). The van der Waals surface area contributed by atoms with Gasteiger partial charge >= 0.3 is 0 Å². The van der Waals surface area contributed by atoms with Gasteiger partial charge in [-0.1, -0.05) is 0 Å². The molecule has 0 radical (unpaired) electrons. The molecule has 21 heavy (non-hydrogen) atoms. The predicted octanol–water partition coefficient (Wildman–Crippen LogP) is 0.111. The van der Waals surface area contributed by atoms with Crippen molar-refractivity contribution in [2.24, 2.45) is 5.14 Å². The Morgan fingerprint density at radius 2 is 1.95 bits per heavy atom. The monoisotopic (exact) mass is 340 g/mol. The van der Waals surface area contributed by atoms with E-state index in [4.69, 9.17) is 5.14 Å². The van der Waals surface area contributed by atoms with E-state index in [2.05, 4.69) is 5.32 Å². The highest BCUT2D eigenvalue weighted by molar-refractivity contribution is 7.89. The summed E-state index contributed by atoms with van der Waals surface area (Å²) >= 11 is 0. The van der Waals surface area contributed by atoms with Crippen molar-refractivity contribution in [2.75, 3.05) is 18.6 Å². The summed E-state index contributed by atoms with van der Waals surface area (Å²) in [5.41, 5.74) is -0.627. The molecule has 0 aliphatic carbocycles. The van der Waals surface area contributed by atoms with Gasteiger partial charge in [0.25, 0.3) is 5.91 Å². The van der Waals surface area contributed by atoms with Crippen LogP contribution < -0.4 is 10.5 Å². The number of carbonyl (C=O) groups excluding carboxylic acids is 1. The summed E-state index contributed by atoms with van der Waals surface area (Å²) in [6.07, 6.45) is 1.90. The van der Waals surface area contributed by atoms with E-state index >= 15 is 0 Å². The second kappa shape index (κ2) is 7.05. The SMILES string of the molecule is CS(=O)CCCNC(=O)c1cc(S(N)(=O)=O)c(F)cc1F. The van der Waals surface area contributed by atoms with Crippen LogP contribution in [0.25, 0.3) is 0 Å². The molecule has 1 amide bonds. The van der Waals surface area contributed by atoms with Crippen molar-refractivity contribution in [3.63, 3.8) is 0 Å². The zero-order valence-corrected chi connectivity index (χ0v) is 12.7. The number of benzene rings is 1. The molecule has 0 saturated carbocycles. The first kappa shape index (κ1) is 17.7. The fourth-order valence-electron chi connectivity index (χ4n) is 1.49. The number of hydrogen-bond donors (Lipinski definition) is 2. The van der Waals surface area contributed by atoms with E-state index in [9.17, 15) is 26.2 Å². The maximum atomic E-state index is 13.5. The lowest BCUT2D eigenvalue weighted by atomic mass is 10.2. The third-order valence-corrected chi connectivity index (χ3v) is 4.26. The molecule has 0 aromatic heterocycles. The van der Waals surface area contributed by atoms with Crippen LogP contribution in [-0.2, 0) is 20.8 Å². The molecule has 1 aromatic rings. The number of hydrogen-bond acceptors (Lipinski definition) is 4. The summed E-state index contributed by atoms with van der Waals surface area (Å²) in [5.74, 6) is -3.11. The van der Waals surface area contributed by atoms with Crippen LogP contribution in [0.4, 0.5) is 8.78 Å². The Morgan fingerprint density at radius 1 is 1.33 bits per heavy atom. The maximum absolute atomic E-state index is 13.5. The second-order valence-electron chi connectivity index (χ2n) is 4.19. The molecule has 1 aromatic carbocycles. The van der Waals surface area contributed by atoms with Gasteiger partial charge in [0, 0.05) is 35.4 Å². The van der Waals surface area contributed by atoms with Crippen molar-refractivity contribution < 1.29 is 26.2 Å². The Balaban J connectivity index is 2.92. The molecule has 0 heterocycles. The molecule has 3 N–H and O–H groups in total. The third-order valence-electron chi connectivity index (χ3n) is 2.47. The van der Waals surface area contributed by atoms with Crippen LogP contribution in [0.3, 0.4) is 0 Å². The number of carbonyl (C=O) groups is 1. The molecule has 0 fully saturated rings. The molecule has 0 aliphatic rings. The first-order chi connectivity index (χ1) is 9.62. The van der Waals surface area contributed by atoms with Crippen molar-refractivity contribution in [1.29, 1.82) is 0 Å². The van der Waals surface area contributed by atoms with E-state index in [1.54, 1.807) is 0 Å². The van der Waals surface area contributed by atoms with Crippen molar-refractivity contribution in [1.82, 2.24) is 5.32 Å². The van der Waals surface area contributed by atoms with Crippen LogP contribution in [0.2, 0.25) is 0 Å². The number of halogens is 2. The lowest BCUT2D eigenvalue weighted by Crippen LogP contribution is -2.27. The van der Waals surface area contributed by atoms with Gasteiger partial charge in [0.2, 0.25) is 10.0 Å². The summed E-state index contributed by atoms with van der Waals surface area (Å²) in [6.45, 7) is 0.125. The number of amides is 1. The first-order valence-electron chi connectivity index (χ1n) is 5.73. The summed E-state index contributed by atoms with van der Waals surface area (Å²) in [6, 6.07) is 0.836. The van der Waals surface area contributed by atoms with Crippen LogP contribution >= 0.6 is 0 Å². The number of primary sulfonamides is 1. The smallest absolute Gasteiger partial charge is 0.254 e. The van der Waals surface area contributed by atoms with Gasteiger partial charge in [-0.3, -0.25) is 9.00 Å². The van der Waals surface area contributed by atoms with E-state index in [1.165, 1.54) is 6.26 Å². The van der Waals surface area contributed by atoms with Gasteiger partial charge in [0.1, 0.15) is 16.5 Å². The van der Waals surface area contributed by atoms with Crippen molar-refractivity contribution in [3.8, 4) is 0 Å². The molecule has 0 spiro atoms. The lowest BCUT2D eigenvalue weighted by Gasteiger charge is -2.08. The molecule has 1 unspecified atom stereocenters. The molecule has 118 valence electrons. The number of nitrogens with one attached hydrogen (secondary N) is 1. The second-order valence-corrected chi connectivity index (χ2v) is 7.28. The molecule has 6 nitrogen and oxygen atoms in total. The van der Waals surface area contributed by atoms with Gasteiger partial charge < -0.3 is 5.32 Å². The summed E-state index contributed by atoms with van der Waals surface area (Å²) in [4.78, 5) is 10.8. The van der Waals surface area contributed by atoms with Crippen LogP contribution in [0.15, 0.2) is 17.0 Å². The van der Waals surface area contributed by atoms with Gasteiger partial charge in [0.15, 0.2) is 0 Å². The average Bonchev–Trinajstić information content (AvgIpc) is 2.32. The van der Waals surface area contributed by atoms with E-state index in [0.717, 1.165) is 0 Å². The van der Waals surface area contributed by atoms with Crippen molar-refractivity contribution >= 4 is 26.7 Å². The standard InChI is InChI=1S/C11H14F2N2O4S2/c1-20(17)4-2-3-15-11(16)7-5-10(21(14,18)19)9(13)6-8(7)12/h5-6H,2-4H2,1H3,(H,15,16)(H2,14,18,19). The minimum atomic E-state index is -4.40. The van der Waals surface area contributed by atoms with Gasteiger partial charge in [-0.15, -0.1) is 0 Å². The average molecular weight is 340 g/mol. The van der Waals surface area contributed by atoms with Gasteiger partial charge in [-0.2, -0.15) is 0 Å². The Kier molecular flexibility index (Phi) is 5.93. The lowest BCUT2D eigenvalue weighted by molar-refractivity contribution is 0.0949. The molecular weight excluding hydrogens is 326 g/mol. The zero-order chi connectivity index (χ0) is 16.2. The third kappa shape index (κ3) is 5.14. The summed E-state index contributed by atoms with van der Waals surface area (Å²) in [5, 5.41) is 7.10. The van der Waals surface area contributed by atoms with Gasteiger partial charge in [0.05, 0.1) is 5.56 Å². The highest BCUT2D eigenvalue weighted by Crippen LogP contribution is 2.18. The van der Waals surface area contributed by atoms with Crippen LogP contribution in [-0.4, -0.2) is 37.1 Å². The molecular formula is C11H14F2N2O4S2. The largest absolute Gasteiger partial charge is 0.352 e. The topological polar surface area (TPSA) is 106 Å². The Bertz CT molecular complexity index is 677. The highest BCUT2D eigenvalue weighted by Gasteiger charge is 2.21. The Hall–Kier alpha value is -1.39. The fraction of sp³-hybridized carbons (Fsp3) is 0.364. The van der Waals surface area contributed by atoms with Crippen molar-refractivity contribution in [3.05, 3.63) is 29.3 Å². The Labute approximate surface area is 123 Å². The maximum Gasteiger partial charge on any atom is 0.254 e. The highest BCUT2D eigenvalue weighted by atomic mass is 32.2. The van der Waals surface area contributed by atoms with Gasteiger partial charge in [-0.25, -0.2) is 22.3 Å². The molecule has 0 bridgehead atoms. The number of sulfonamides is 1. The van der Waals surface area contributed by atoms with Crippen molar-refractivity contribution in [2.45, 2.75) is 11.3 Å². The summed E-state index contributed by atoms with van der Waals surface area (Å²) < 4.78 is 59.9. The first-order valence-corrected chi connectivity index (χ1v) is 9.00. The van der Waals surface area contributed by atoms with E-state index in [0.29, 0.717) is 18.2 Å². The van der Waals surface area contributed by atoms with Crippen LogP contribution in [0, 0.1) is 11.6 Å². The molecule has 1 atom stereocenters. The minimum absolute atomic E-state index is 0.125. The molecule has 0 aliphatic heterocycles. The zero-order valence-electron chi connectivity index (χ0n) is 11.1.